The molecular formula is C21H30N4O. The zero-order valence-corrected chi connectivity index (χ0v) is 16.0. The minimum absolute atomic E-state index is 0.738. The first-order chi connectivity index (χ1) is 12.7. The Kier molecular flexibility index (Phi) is 5.38. The van der Waals surface area contributed by atoms with E-state index in [1.165, 1.54) is 25.9 Å². The standard InChI is InChI=1S/C21H30N4O/c1-17-20(26-21(22-17)18-7-4-3-5-8-18)16-24-11-13-25(14-12-24)19-9-6-10-23(2)15-19/h3-5,7-8,19H,6,9-16H2,1-2H3. The summed E-state index contributed by atoms with van der Waals surface area (Å²) >= 11 is 0. The zero-order chi connectivity index (χ0) is 17.9. The van der Waals surface area contributed by atoms with Gasteiger partial charge in [0, 0.05) is 44.3 Å². The molecule has 2 aliphatic heterocycles. The summed E-state index contributed by atoms with van der Waals surface area (Å²) < 4.78 is 6.09. The Hall–Kier alpha value is -1.69. The van der Waals surface area contributed by atoms with Gasteiger partial charge in [0.05, 0.1) is 12.2 Å². The summed E-state index contributed by atoms with van der Waals surface area (Å²) in [5.74, 6) is 1.75. The second-order valence-electron chi connectivity index (χ2n) is 7.76. The molecule has 1 aromatic heterocycles. The molecule has 0 bridgehead atoms. The first-order valence-corrected chi connectivity index (χ1v) is 9.86. The quantitative estimate of drug-likeness (QED) is 0.844. The van der Waals surface area contributed by atoms with Gasteiger partial charge in [0.15, 0.2) is 0 Å². The topological polar surface area (TPSA) is 35.8 Å². The first-order valence-electron chi connectivity index (χ1n) is 9.86. The van der Waals surface area contributed by atoms with E-state index in [9.17, 15) is 0 Å². The highest BCUT2D eigenvalue weighted by Crippen LogP contribution is 2.23. The van der Waals surface area contributed by atoms with Crippen molar-refractivity contribution in [3.63, 3.8) is 0 Å². The van der Waals surface area contributed by atoms with E-state index >= 15 is 0 Å². The Morgan fingerprint density at radius 2 is 1.85 bits per heavy atom. The van der Waals surface area contributed by atoms with Gasteiger partial charge >= 0.3 is 0 Å². The van der Waals surface area contributed by atoms with Crippen LogP contribution in [0.1, 0.15) is 24.3 Å². The molecule has 3 heterocycles. The number of likely N-dealkylation sites (tertiary alicyclic amines) is 1. The van der Waals surface area contributed by atoms with Gasteiger partial charge in [-0.1, -0.05) is 18.2 Å². The summed E-state index contributed by atoms with van der Waals surface area (Å²) in [4.78, 5) is 12.3. The molecule has 140 valence electrons. The van der Waals surface area contributed by atoms with Crippen LogP contribution in [0.2, 0.25) is 0 Å². The number of hydrogen-bond donors (Lipinski definition) is 0. The highest BCUT2D eigenvalue weighted by molar-refractivity contribution is 5.53. The molecule has 1 atom stereocenters. The third-order valence-electron chi connectivity index (χ3n) is 5.80. The second kappa shape index (κ2) is 7.91. The van der Waals surface area contributed by atoms with E-state index in [1.807, 2.05) is 18.2 Å². The van der Waals surface area contributed by atoms with E-state index in [0.29, 0.717) is 0 Å². The van der Waals surface area contributed by atoms with Crippen molar-refractivity contribution in [3.05, 3.63) is 41.8 Å². The van der Waals surface area contributed by atoms with Crippen LogP contribution in [-0.2, 0) is 6.54 Å². The number of nitrogens with zero attached hydrogens (tertiary/aromatic N) is 4. The van der Waals surface area contributed by atoms with Gasteiger partial charge in [-0.3, -0.25) is 9.80 Å². The fraction of sp³-hybridized carbons (Fsp3) is 0.571. The lowest BCUT2D eigenvalue weighted by atomic mass is 10.0. The minimum atomic E-state index is 0.738. The molecule has 1 unspecified atom stereocenters. The van der Waals surface area contributed by atoms with Crippen molar-refractivity contribution in [2.75, 3.05) is 46.3 Å². The van der Waals surface area contributed by atoms with Gasteiger partial charge in [0.25, 0.3) is 0 Å². The molecule has 26 heavy (non-hydrogen) atoms. The third-order valence-corrected chi connectivity index (χ3v) is 5.80. The maximum atomic E-state index is 6.09. The van der Waals surface area contributed by atoms with Crippen LogP contribution in [0, 0.1) is 6.92 Å². The summed E-state index contributed by atoms with van der Waals surface area (Å²) in [5.41, 5.74) is 2.06. The van der Waals surface area contributed by atoms with E-state index in [0.717, 1.165) is 61.7 Å². The molecule has 0 aliphatic carbocycles. The highest BCUT2D eigenvalue weighted by Gasteiger charge is 2.27. The third kappa shape index (κ3) is 4.00. The number of aromatic nitrogens is 1. The van der Waals surface area contributed by atoms with Crippen LogP contribution < -0.4 is 0 Å². The lowest BCUT2D eigenvalue weighted by Crippen LogP contribution is -2.54. The number of benzene rings is 1. The SMILES string of the molecule is Cc1nc(-c2ccccc2)oc1CN1CCN(C2CCCN(C)C2)CC1. The number of aryl methyl sites for hydroxylation is 1. The molecule has 2 fully saturated rings. The van der Waals surface area contributed by atoms with Crippen LogP contribution in [-0.4, -0.2) is 72.0 Å². The molecule has 1 aromatic carbocycles. The fourth-order valence-corrected chi connectivity index (χ4v) is 4.21. The molecule has 0 amide bonds. The predicted octanol–water partition coefficient (Wildman–Crippen LogP) is 2.86. The maximum Gasteiger partial charge on any atom is 0.226 e. The molecule has 0 saturated carbocycles. The molecule has 4 rings (SSSR count). The van der Waals surface area contributed by atoms with E-state index in [4.69, 9.17) is 4.42 Å². The molecule has 2 saturated heterocycles. The van der Waals surface area contributed by atoms with Crippen LogP contribution in [0.5, 0.6) is 0 Å². The highest BCUT2D eigenvalue weighted by atomic mass is 16.4. The Balaban J connectivity index is 1.34. The number of hydrogen-bond acceptors (Lipinski definition) is 5. The number of piperidine rings is 1. The van der Waals surface area contributed by atoms with Crippen LogP contribution >= 0.6 is 0 Å². The van der Waals surface area contributed by atoms with Gasteiger partial charge in [-0.05, 0) is 45.5 Å². The summed E-state index contributed by atoms with van der Waals surface area (Å²) in [6, 6.07) is 10.9. The van der Waals surface area contributed by atoms with Crippen molar-refractivity contribution in [1.29, 1.82) is 0 Å². The Morgan fingerprint density at radius 3 is 2.58 bits per heavy atom. The maximum absolute atomic E-state index is 6.09. The lowest BCUT2D eigenvalue weighted by Gasteiger charge is -2.42. The Morgan fingerprint density at radius 1 is 1.08 bits per heavy atom. The van der Waals surface area contributed by atoms with Crippen molar-refractivity contribution in [3.8, 4) is 11.5 Å². The lowest BCUT2D eigenvalue weighted by molar-refractivity contribution is 0.0545. The fourth-order valence-electron chi connectivity index (χ4n) is 4.21. The molecule has 5 nitrogen and oxygen atoms in total. The minimum Gasteiger partial charge on any atom is -0.440 e. The molecule has 0 spiro atoms. The van der Waals surface area contributed by atoms with E-state index in [2.05, 4.69) is 45.8 Å². The largest absolute Gasteiger partial charge is 0.440 e. The Labute approximate surface area is 156 Å². The molecule has 0 N–H and O–H groups in total. The molecule has 2 aromatic rings. The van der Waals surface area contributed by atoms with Crippen LogP contribution in [0.4, 0.5) is 0 Å². The van der Waals surface area contributed by atoms with E-state index in [-0.39, 0.29) is 0 Å². The summed E-state index contributed by atoms with van der Waals surface area (Å²) in [5, 5.41) is 0. The number of rotatable bonds is 4. The van der Waals surface area contributed by atoms with Gasteiger partial charge < -0.3 is 9.32 Å². The van der Waals surface area contributed by atoms with Crippen molar-refractivity contribution in [2.45, 2.75) is 32.4 Å². The van der Waals surface area contributed by atoms with Gasteiger partial charge in [-0.2, -0.15) is 0 Å². The second-order valence-corrected chi connectivity index (χ2v) is 7.76. The van der Waals surface area contributed by atoms with Crippen molar-refractivity contribution in [2.24, 2.45) is 0 Å². The van der Waals surface area contributed by atoms with Crippen LogP contribution in [0.15, 0.2) is 34.7 Å². The number of likely N-dealkylation sites (N-methyl/N-ethyl adjacent to an activating group) is 1. The summed E-state index contributed by atoms with van der Waals surface area (Å²) in [7, 11) is 2.25. The van der Waals surface area contributed by atoms with E-state index < -0.39 is 0 Å². The van der Waals surface area contributed by atoms with Crippen molar-refractivity contribution >= 4 is 0 Å². The first kappa shape index (κ1) is 17.7. The number of piperazine rings is 1. The van der Waals surface area contributed by atoms with Crippen molar-refractivity contribution < 1.29 is 4.42 Å². The molecule has 0 radical (unpaired) electrons. The van der Waals surface area contributed by atoms with Crippen molar-refractivity contribution in [1.82, 2.24) is 19.7 Å². The summed E-state index contributed by atoms with van der Waals surface area (Å²) in [6.07, 6.45) is 2.69. The normalized spacial score (nSPS) is 23.4. The van der Waals surface area contributed by atoms with Gasteiger partial charge in [0.1, 0.15) is 5.76 Å². The predicted molar refractivity (Wildman–Crippen MR) is 104 cm³/mol. The van der Waals surface area contributed by atoms with Gasteiger partial charge in [-0.15, -0.1) is 0 Å². The average Bonchev–Trinajstić information content (AvgIpc) is 3.04. The average molecular weight is 354 g/mol. The molecule has 5 heteroatoms. The zero-order valence-electron chi connectivity index (χ0n) is 16.0. The monoisotopic (exact) mass is 354 g/mol. The Bertz CT molecular complexity index is 706. The molecule has 2 aliphatic rings. The molecular weight excluding hydrogens is 324 g/mol. The van der Waals surface area contributed by atoms with Crippen LogP contribution in [0.25, 0.3) is 11.5 Å². The van der Waals surface area contributed by atoms with Gasteiger partial charge in [0.2, 0.25) is 5.89 Å². The van der Waals surface area contributed by atoms with Crippen LogP contribution in [0.3, 0.4) is 0 Å². The number of oxazole rings is 1. The smallest absolute Gasteiger partial charge is 0.226 e. The summed E-state index contributed by atoms with van der Waals surface area (Å²) in [6.45, 7) is 9.95. The van der Waals surface area contributed by atoms with E-state index in [1.54, 1.807) is 0 Å². The van der Waals surface area contributed by atoms with Gasteiger partial charge in [-0.25, -0.2) is 4.98 Å².